The number of halogens is 1. The number of hydrogen-bond donors (Lipinski definition) is 1. The first-order valence-electron chi connectivity index (χ1n) is 7.04. The van der Waals surface area contributed by atoms with Gasteiger partial charge in [-0.3, -0.25) is 9.48 Å². The average Bonchev–Trinajstić information content (AvgIpc) is 2.91. The highest BCUT2D eigenvalue weighted by molar-refractivity contribution is 6.31. The molecule has 2 aromatic carbocycles. The predicted molar refractivity (Wildman–Crippen MR) is 87.7 cm³/mol. The maximum atomic E-state index is 12.1. The van der Waals surface area contributed by atoms with Gasteiger partial charge >= 0.3 is 0 Å². The van der Waals surface area contributed by atoms with Gasteiger partial charge < -0.3 is 5.32 Å². The summed E-state index contributed by atoms with van der Waals surface area (Å²) in [5.41, 5.74) is 2.00. The van der Waals surface area contributed by atoms with Crippen molar-refractivity contribution in [1.29, 1.82) is 5.26 Å². The Kier molecular flexibility index (Phi) is 4.26. The molecular weight excluding hydrogens is 312 g/mol. The molecular formula is C17H13ClN4O. The molecule has 0 bridgehead atoms. The molecule has 1 aromatic heterocycles. The highest BCUT2D eigenvalue weighted by Crippen LogP contribution is 2.22. The molecule has 0 fully saturated rings. The maximum absolute atomic E-state index is 12.1. The summed E-state index contributed by atoms with van der Waals surface area (Å²) in [5, 5.41) is 17.4. The van der Waals surface area contributed by atoms with E-state index in [0.29, 0.717) is 22.5 Å². The van der Waals surface area contributed by atoms with Crippen LogP contribution >= 0.6 is 11.6 Å². The number of nitrogens with zero attached hydrogens (tertiary/aromatic N) is 3. The Balaban J connectivity index is 1.76. The Morgan fingerprint density at radius 1 is 1.26 bits per heavy atom. The van der Waals surface area contributed by atoms with E-state index in [1.54, 1.807) is 18.2 Å². The lowest BCUT2D eigenvalue weighted by molar-refractivity contribution is -0.121. The Morgan fingerprint density at radius 3 is 2.78 bits per heavy atom. The van der Waals surface area contributed by atoms with Gasteiger partial charge in [-0.1, -0.05) is 41.9 Å². The molecule has 0 spiro atoms. The molecule has 0 radical (unpaired) electrons. The summed E-state index contributed by atoms with van der Waals surface area (Å²) >= 11 is 5.95. The lowest BCUT2D eigenvalue weighted by Crippen LogP contribution is -2.27. The fraction of sp³-hybridized carbons (Fsp3) is 0.118. The molecule has 5 nitrogen and oxygen atoms in total. The molecule has 1 heterocycles. The summed E-state index contributed by atoms with van der Waals surface area (Å²) in [6.45, 7) is 0.502. The van der Waals surface area contributed by atoms with Gasteiger partial charge in [-0.2, -0.15) is 10.4 Å². The van der Waals surface area contributed by atoms with Crippen LogP contribution in [0.1, 0.15) is 11.3 Å². The van der Waals surface area contributed by atoms with Gasteiger partial charge in [0.05, 0.1) is 5.52 Å². The largest absolute Gasteiger partial charge is 0.350 e. The highest BCUT2D eigenvalue weighted by atomic mass is 35.5. The van der Waals surface area contributed by atoms with Crippen LogP contribution in [0.2, 0.25) is 5.02 Å². The summed E-state index contributed by atoms with van der Waals surface area (Å²) in [7, 11) is 0. The van der Waals surface area contributed by atoms with Crippen LogP contribution in [0.3, 0.4) is 0 Å². The van der Waals surface area contributed by atoms with Crippen LogP contribution < -0.4 is 5.32 Å². The van der Waals surface area contributed by atoms with Gasteiger partial charge in [-0.15, -0.1) is 0 Å². The van der Waals surface area contributed by atoms with Gasteiger partial charge in [0.2, 0.25) is 5.91 Å². The van der Waals surface area contributed by atoms with Crippen molar-refractivity contribution in [2.45, 2.75) is 13.1 Å². The third-order valence-electron chi connectivity index (χ3n) is 3.44. The number of fused-ring (bicyclic) bond motifs is 1. The van der Waals surface area contributed by atoms with Crippen LogP contribution in [-0.4, -0.2) is 15.7 Å². The number of hydrogen-bond acceptors (Lipinski definition) is 3. The molecule has 0 aliphatic carbocycles. The van der Waals surface area contributed by atoms with Crippen LogP contribution in [0.15, 0.2) is 48.5 Å². The first-order valence-corrected chi connectivity index (χ1v) is 7.42. The summed E-state index contributed by atoms with van der Waals surface area (Å²) in [5.74, 6) is -0.169. The van der Waals surface area contributed by atoms with Crippen molar-refractivity contribution in [3.8, 4) is 6.07 Å². The molecule has 0 atom stereocenters. The Labute approximate surface area is 138 Å². The number of aromatic nitrogens is 2. The monoisotopic (exact) mass is 324 g/mol. The molecule has 0 unspecified atom stereocenters. The number of nitrogens with one attached hydrogen (secondary N) is 1. The molecule has 23 heavy (non-hydrogen) atoms. The molecule has 0 aliphatic rings. The molecule has 3 rings (SSSR count). The fourth-order valence-electron chi connectivity index (χ4n) is 2.34. The molecule has 114 valence electrons. The molecule has 0 aliphatic heterocycles. The predicted octanol–water partition coefficient (Wildman–Crippen LogP) is 2.88. The normalized spacial score (nSPS) is 10.4. The van der Waals surface area contributed by atoms with Crippen LogP contribution in [0.25, 0.3) is 10.9 Å². The van der Waals surface area contributed by atoms with Crippen LogP contribution in [0, 0.1) is 11.3 Å². The van der Waals surface area contributed by atoms with Crippen molar-refractivity contribution in [2.75, 3.05) is 0 Å². The second-order valence-corrected chi connectivity index (χ2v) is 5.48. The van der Waals surface area contributed by atoms with Crippen molar-refractivity contribution in [2.24, 2.45) is 0 Å². The number of carbonyl (C=O) groups is 1. The molecule has 0 saturated heterocycles. The van der Waals surface area contributed by atoms with Gasteiger partial charge in [0.25, 0.3) is 0 Å². The minimum absolute atomic E-state index is 0.0483. The first kappa shape index (κ1) is 15.1. The standard InChI is InChI=1S/C17H13ClN4O/c18-13-6-7-16-14(8-13)15(9-19)21-22(16)11-17(23)20-10-12-4-2-1-3-5-12/h1-8H,10-11H2,(H,20,23). The number of amides is 1. The third-order valence-corrected chi connectivity index (χ3v) is 3.68. The number of benzene rings is 2. The van der Waals surface area contributed by atoms with E-state index in [4.69, 9.17) is 16.9 Å². The Hall–Kier alpha value is -2.84. The van der Waals surface area contributed by atoms with E-state index in [-0.39, 0.29) is 18.1 Å². The van der Waals surface area contributed by atoms with Crippen molar-refractivity contribution < 1.29 is 4.79 Å². The lowest BCUT2D eigenvalue weighted by atomic mass is 10.2. The number of rotatable bonds is 4. The lowest BCUT2D eigenvalue weighted by Gasteiger charge is -2.06. The second-order valence-electron chi connectivity index (χ2n) is 5.04. The van der Waals surface area contributed by atoms with Gasteiger partial charge in [0.15, 0.2) is 5.69 Å². The zero-order valence-electron chi connectivity index (χ0n) is 12.2. The third kappa shape index (κ3) is 3.33. The zero-order chi connectivity index (χ0) is 16.2. The number of carbonyl (C=O) groups excluding carboxylic acids is 1. The summed E-state index contributed by atoms with van der Waals surface area (Å²) in [6, 6.07) is 16.8. The van der Waals surface area contributed by atoms with E-state index in [2.05, 4.69) is 10.4 Å². The molecule has 0 saturated carbocycles. The Bertz CT molecular complexity index is 896. The van der Waals surface area contributed by atoms with Gasteiger partial charge in [-0.25, -0.2) is 0 Å². The van der Waals surface area contributed by atoms with E-state index in [1.807, 2.05) is 36.4 Å². The van der Waals surface area contributed by atoms with E-state index >= 15 is 0 Å². The zero-order valence-corrected chi connectivity index (χ0v) is 12.9. The van der Waals surface area contributed by atoms with Gasteiger partial charge in [0.1, 0.15) is 12.6 Å². The van der Waals surface area contributed by atoms with E-state index in [0.717, 1.165) is 5.56 Å². The Morgan fingerprint density at radius 2 is 2.04 bits per heavy atom. The van der Waals surface area contributed by atoms with Gasteiger partial charge in [-0.05, 0) is 23.8 Å². The van der Waals surface area contributed by atoms with E-state index in [1.165, 1.54) is 4.68 Å². The summed E-state index contributed by atoms with van der Waals surface area (Å²) in [6.07, 6.45) is 0. The van der Waals surface area contributed by atoms with Crippen LogP contribution in [0.4, 0.5) is 0 Å². The minimum Gasteiger partial charge on any atom is -0.350 e. The highest BCUT2D eigenvalue weighted by Gasteiger charge is 2.13. The van der Waals surface area contributed by atoms with Crippen LogP contribution in [0.5, 0.6) is 0 Å². The maximum Gasteiger partial charge on any atom is 0.242 e. The van der Waals surface area contributed by atoms with E-state index in [9.17, 15) is 4.79 Å². The van der Waals surface area contributed by atoms with Crippen molar-refractivity contribution in [3.63, 3.8) is 0 Å². The smallest absolute Gasteiger partial charge is 0.242 e. The summed E-state index contributed by atoms with van der Waals surface area (Å²) in [4.78, 5) is 12.1. The molecule has 1 amide bonds. The van der Waals surface area contributed by atoms with Crippen molar-refractivity contribution in [3.05, 3.63) is 64.8 Å². The average molecular weight is 325 g/mol. The summed E-state index contributed by atoms with van der Waals surface area (Å²) < 4.78 is 1.52. The molecule has 3 aromatic rings. The molecule has 6 heteroatoms. The van der Waals surface area contributed by atoms with E-state index < -0.39 is 0 Å². The quantitative estimate of drug-likeness (QED) is 0.802. The minimum atomic E-state index is -0.169. The SMILES string of the molecule is N#Cc1nn(CC(=O)NCc2ccccc2)c2ccc(Cl)cc12. The van der Waals surface area contributed by atoms with Crippen molar-refractivity contribution in [1.82, 2.24) is 15.1 Å². The number of nitriles is 1. The topological polar surface area (TPSA) is 70.7 Å². The first-order chi connectivity index (χ1) is 11.2. The second kappa shape index (κ2) is 6.51. The fourth-order valence-corrected chi connectivity index (χ4v) is 2.52. The van der Waals surface area contributed by atoms with Crippen LogP contribution in [-0.2, 0) is 17.9 Å². The van der Waals surface area contributed by atoms with Crippen molar-refractivity contribution >= 4 is 28.4 Å². The molecule has 1 N–H and O–H groups in total. The van der Waals surface area contributed by atoms with Gasteiger partial charge in [0, 0.05) is 17.0 Å².